The molecule has 150 valence electrons. The van der Waals surface area contributed by atoms with Gasteiger partial charge < -0.3 is 0 Å². The molecule has 4 unspecified atom stereocenters. The minimum atomic E-state index is -0.0628. The fraction of sp³-hybridized carbons (Fsp3) is 0.556. The van der Waals surface area contributed by atoms with Crippen LogP contribution in [0.3, 0.4) is 0 Å². The Hall–Kier alpha value is -1.63. The summed E-state index contributed by atoms with van der Waals surface area (Å²) < 4.78 is 14.8. The van der Waals surface area contributed by atoms with E-state index in [2.05, 4.69) is 37.8 Å². The van der Waals surface area contributed by atoms with Crippen molar-refractivity contribution in [2.45, 2.75) is 77.0 Å². The van der Waals surface area contributed by atoms with Crippen LogP contribution in [0.2, 0.25) is 0 Å². The third-order valence-electron chi connectivity index (χ3n) is 7.51. The second-order valence-corrected chi connectivity index (χ2v) is 9.38. The number of hydrogen-bond acceptors (Lipinski definition) is 0. The van der Waals surface area contributed by atoms with Gasteiger partial charge in [-0.3, -0.25) is 0 Å². The summed E-state index contributed by atoms with van der Waals surface area (Å²) in [6, 6.07) is 10.4. The van der Waals surface area contributed by atoms with Gasteiger partial charge in [-0.15, -0.1) is 6.58 Å². The largest absolute Gasteiger partial charge is 0.206 e. The third kappa shape index (κ3) is 4.19. The van der Waals surface area contributed by atoms with Gasteiger partial charge in [-0.25, -0.2) is 4.39 Å². The molecule has 2 aliphatic carbocycles. The number of fused-ring (bicyclic) bond motifs is 2. The van der Waals surface area contributed by atoms with Crippen LogP contribution in [-0.2, 0) is 6.42 Å². The molecule has 0 spiro atoms. The van der Waals surface area contributed by atoms with Crippen molar-refractivity contribution >= 4 is 10.8 Å². The molecule has 4 atom stereocenters. The van der Waals surface area contributed by atoms with Gasteiger partial charge in [0.1, 0.15) is 5.82 Å². The molecule has 2 saturated carbocycles. The van der Waals surface area contributed by atoms with Gasteiger partial charge in [-0.05, 0) is 97.3 Å². The summed E-state index contributed by atoms with van der Waals surface area (Å²) in [4.78, 5) is 0. The second kappa shape index (κ2) is 8.80. The maximum Gasteiger partial charge on any atom is 0.131 e. The topological polar surface area (TPSA) is 0 Å². The standard InChI is InChI=1S/C27H35F/c1-3-5-7-20-15-25-13-12-24(18-26(25)27(28)16-20)23-11-10-21-14-19(6-4-2)8-9-22(21)17-23/h3,12-13,15-16,18-19,21-23H,1,4-11,14,17H2,2H3. The lowest BCUT2D eigenvalue weighted by Crippen LogP contribution is -2.30. The first-order valence-corrected chi connectivity index (χ1v) is 11.5. The summed E-state index contributed by atoms with van der Waals surface area (Å²) in [6.07, 6.45) is 14.7. The maximum absolute atomic E-state index is 14.8. The molecule has 2 aromatic carbocycles. The van der Waals surface area contributed by atoms with Crippen molar-refractivity contribution in [1.82, 2.24) is 0 Å². The molecule has 0 aliphatic heterocycles. The minimum Gasteiger partial charge on any atom is -0.206 e. The van der Waals surface area contributed by atoms with Gasteiger partial charge in [0.2, 0.25) is 0 Å². The van der Waals surface area contributed by atoms with E-state index in [-0.39, 0.29) is 5.82 Å². The highest BCUT2D eigenvalue weighted by atomic mass is 19.1. The Morgan fingerprint density at radius 2 is 1.86 bits per heavy atom. The fourth-order valence-electron chi connectivity index (χ4n) is 6.02. The Labute approximate surface area is 170 Å². The molecule has 0 bridgehead atoms. The van der Waals surface area contributed by atoms with E-state index in [9.17, 15) is 4.39 Å². The molecule has 2 aromatic rings. The first-order chi connectivity index (χ1) is 13.7. The molecule has 0 heterocycles. The van der Waals surface area contributed by atoms with Gasteiger partial charge in [0.15, 0.2) is 0 Å². The Kier molecular flexibility index (Phi) is 6.19. The molecule has 0 amide bonds. The van der Waals surface area contributed by atoms with Gasteiger partial charge >= 0.3 is 0 Å². The predicted molar refractivity (Wildman–Crippen MR) is 118 cm³/mol. The molecule has 1 heteroatoms. The normalized spacial score (nSPS) is 27.5. The lowest BCUT2D eigenvalue weighted by molar-refractivity contribution is 0.114. The van der Waals surface area contributed by atoms with Gasteiger partial charge in [-0.1, -0.05) is 50.5 Å². The number of benzene rings is 2. The smallest absolute Gasteiger partial charge is 0.131 e. The summed E-state index contributed by atoms with van der Waals surface area (Å²) in [5.74, 6) is 3.38. The Balaban J connectivity index is 1.49. The molecule has 2 aliphatic rings. The molecule has 0 aromatic heterocycles. The quantitative estimate of drug-likeness (QED) is 0.444. The summed E-state index contributed by atoms with van der Waals surface area (Å²) in [5.41, 5.74) is 2.43. The molecule has 0 nitrogen and oxygen atoms in total. The second-order valence-electron chi connectivity index (χ2n) is 9.38. The molecular weight excluding hydrogens is 343 g/mol. The number of allylic oxidation sites excluding steroid dienone is 1. The van der Waals surface area contributed by atoms with Gasteiger partial charge in [0, 0.05) is 5.39 Å². The van der Waals surface area contributed by atoms with Crippen molar-refractivity contribution in [3.05, 3.63) is 59.9 Å². The van der Waals surface area contributed by atoms with E-state index >= 15 is 0 Å². The third-order valence-corrected chi connectivity index (χ3v) is 7.51. The van der Waals surface area contributed by atoms with Crippen molar-refractivity contribution in [2.75, 3.05) is 0 Å². The van der Waals surface area contributed by atoms with Gasteiger partial charge in [0.05, 0.1) is 0 Å². The number of rotatable bonds is 6. The first-order valence-electron chi connectivity index (χ1n) is 11.5. The zero-order valence-corrected chi connectivity index (χ0v) is 17.4. The van der Waals surface area contributed by atoms with Crippen LogP contribution in [0.25, 0.3) is 10.8 Å². The summed E-state index contributed by atoms with van der Waals surface area (Å²) >= 11 is 0. The van der Waals surface area contributed by atoms with Crippen LogP contribution < -0.4 is 0 Å². The Bertz CT molecular complexity index is 820. The van der Waals surface area contributed by atoms with Crippen molar-refractivity contribution in [2.24, 2.45) is 17.8 Å². The van der Waals surface area contributed by atoms with Crippen LogP contribution in [0, 0.1) is 23.6 Å². The lowest BCUT2D eigenvalue weighted by atomic mass is 9.63. The molecule has 0 radical (unpaired) electrons. The van der Waals surface area contributed by atoms with Gasteiger partial charge in [0.25, 0.3) is 0 Å². The SMILES string of the molecule is C=CCCc1cc(F)c2cc(C3CCC4CC(CCC)CCC4C3)ccc2c1. The van der Waals surface area contributed by atoms with Crippen molar-refractivity contribution in [3.63, 3.8) is 0 Å². The van der Waals surface area contributed by atoms with E-state index in [0.717, 1.165) is 46.9 Å². The highest BCUT2D eigenvalue weighted by Crippen LogP contribution is 2.48. The maximum atomic E-state index is 14.8. The average molecular weight is 379 g/mol. The van der Waals surface area contributed by atoms with E-state index in [1.807, 2.05) is 6.08 Å². The molecular formula is C27H35F. The summed E-state index contributed by atoms with van der Waals surface area (Å²) in [6.45, 7) is 6.10. The van der Waals surface area contributed by atoms with Crippen LogP contribution in [0.1, 0.15) is 81.8 Å². The Morgan fingerprint density at radius 3 is 2.68 bits per heavy atom. The highest BCUT2D eigenvalue weighted by Gasteiger charge is 2.35. The number of hydrogen-bond donors (Lipinski definition) is 0. The zero-order valence-electron chi connectivity index (χ0n) is 17.4. The summed E-state index contributed by atoms with van der Waals surface area (Å²) in [5, 5.41) is 1.84. The van der Waals surface area contributed by atoms with Crippen molar-refractivity contribution in [1.29, 1.82) is 0 Å². The van der Waals surface area contributed by atoms with E-state index in [1.54, 1.807) is 6.07 Å². The molecule has 0 saturated heterocycles. The van der Waals surface area contributed by atoms with E-state index < -0.39 is 0 Å². The van der Waals surface area contributed by atoms with Crippen LogP contribution in [0.5, 0.6) is 0 Å². The van der Waals surface area contributed by atoms with Crippen LogP contribution in [0.4, 0.5) is 4.39 Å². The summed E-state index contributed by atoms with van der Waals surface area (Å²) in [7, 11) is 0. The number of aryl methyl sites for hydroxylation is 1. The lowest BCUT2D eigenvalue weighted by Gasteiger charge is -2.42. The van der Waals surface area contributed by atoms with E-state index in [4.69, 9.17) is 0 Å². The molecule has 4 rings (SSSR count). The van der Waals surface area contributed by atoms with Crippen molar-refractivity contribution in [3.8, 4) is 0 Å². The predicted octanol–water partition coefficient (Wildman–Crippen LogP) is 8.20. The van der Waals surface area contributed by atoms with Gasteiger partial charge in [-0.2, -0.15) is 0 Å². The van der Waals surface area contributed by atoms with Crippen LogP contribution in [0.15, 0.2) is 43.0 Å². The average Bonchev–Trinajstić information content (AvgIpc) is 2.72. The van der Waals surface area contributed by atoms with E-state index in [0.29, 0.717) is 5.92 Å². The molecule has 0 N–H and O–H groups in total. The molecule has 2 fully saturated rings. The monoisotopic (exact) mass is 378 g/mol. The molecule has 28 heavy (non-hydrogen) atoms. The first kappa shape index (κ1) is 19.7. The fourth-order valence-corrected chi connectivity index (χ4v) is 6.02. The van der Waals surface area contributed by atoms with Crippen molar-refractivity contribution < 1.29 is 4.39 Å². The number of halogens is 1. The van der Waals surface area contributed by atoms with Crippen LogP contribution >= 0.6 is 0 Å². The van der Waals surface area contributed by atoms with Crippen LogP contribution in [-0.4, -0.2) is 0 Å². The minimum absolute atomic E-state index is 0.0628. The Morgan fingerprint density at radius 1 is 1.04 bits per heavy atom. The van der Waals surface area contributed by atoms with E-state index in [1.165, 1.54) is 56.9 Å². The zero-order chi connectivity index (χ0) is 19.5. The highest BCUT2D eigenvalue weighted by molar-refractivity contribution is 5.84.